The molecule has 8 amide bonds. The van der Waals surface area contributed by atoms with E-state index in [0.717, 1.165) is 70.5 Å². The topological polar surface area (TPSA) is 447 Å². The molecular weight excluding hydrogens is 1770 g/mol. The summed E-state index contributed by atoms with van der Waals surface area (Å²) in [4.78, 5) is 132. The van der Waals surface area contributed by atoms with Crippen molar-refractivity contribution in [3.63, 3.8) is 0 Å². The van der Waals surface area contributed by atoms with E-state index in [-0.39, 0.29) is 123 Å². The lowest BCUT2D eigenvalue weighted by Crippen LogP contribution is -2.48. The molecule has 4 aromatic carbocycles. The maximum absolute atomic E-state index is 13.5. The van der Waals surface area contributed by atoms with E-state index in [1.807, 2.05) is 184 Å². The van der Waals surface area contributed by atoms with Gasteiger partial charge < -0.3 is 83.8 Å². The van der Waals surface area contributed by atoms with Crippen LogP contribution in [0.2, 0.25) is 0 Å². The molecule has 33 nitrogen and oxygen atoms in total. The van der Waals surface area contributed by atoms with Gasteiger partial charge in [-0.05, 0) is 119 Å². The summed E-state index contributed by atoms with van der Waals surface area (Å²) in [6.45, 7) is 27.5. The van der Waals surface area contributed by atoms with Crippen LogP contribution in [0.1, 0.15) is 209 Å². The Bertz CT molecular complexity index is 5930. The minimum absolute atomic E-state index is 0.0524. The van der Waals surface area contributed by atoms with Crippen LogP contribution in [-0.4, -0.2) is 203 Å². The lowest BCUT2D eigenvalue weighted by atomic mass is 9.91. The molecule has 0 radical (unpaired) electrons. The van der Waals surface area contributed by atoms with Crippen LogP contribution in [0, 0.1) is 53.4 Å². The fourth-order valence-corrected chi connectivity index (χ4v) is 19.4. The summed E-state index contributed by atoms with van der Waals surface area (Å²) in [5.74, 6) is -1.75. The lowest BCUT2D eigenvalue weighted by Gasteiger charge is -2.29. The highest BCUT2D eigenvalue weighted by Crippen LogP contribution is 2.38. The Morgan fingerprint density at radius 3 is 1.07 bits per heavy atom. The van der Waals surface area contributed by atoms with E-state index in [9.17, 15) is 58.8 Å². The molecule has 12 aromatic rings. The number of nitrogens with one attached hydrogen (secondary N) is 4. The molecule has 0 bridgehead atoms. The molecule has 4 aliphatic heterocycles. The molecule has 12 heterocycles. The van der Waals surface area contributed by atoms with Crippen molar-refractivity contribution in [2.75, 3.05) is 26.2 Å². The van der Waals surface area contributed by atoms with Gasteiger partial charge in [-0.25, -0.2) is 9.97 Å². The zero-order valence-electron chi connectivity index (χ0n) is 77.4. The zero-order chi connectivity index (χ0) is 95.9. The van der Waals surface area contributed by atoms with Crippen LogP contribution in [0.25, 0.3) is 42.6 Å². The van der Waals surface area contributed by atoms with Gasteiger partial charge in [0.1, 0.15) is 59.0 Å². The van der Waals surface area contributed by atoms with Crippen LogP contribution in [0.5, 0.6) is 0 Å². The second-order valence-electron chi connectivity index (χ2n) is 35.2. The number of nitrogens with zero attached hydrogens (tertiary/aromatic N) is 12. The van der Waals surface area contributed by atoms with Crippen LogP contribution in [-0.2, 0) is 51.4 Å². The summed E-state index contributed by atoms with van der Waals surface area (Å²) in [7, 11) is 0. The first kappa shape index (κ1) is 98.9. The number of aliphatic hydroxyl groups excluding tert-OH is 4. The number of β-amino-alcohol motifs (C(OH)–C–C–N with tert-alkyl or cyclic N) is 4. The minimum Gasteiger partial charge on any atom is -0.443 e. The normalized spacial score (nSPS) is 19.4. The number of likely N-dealkylation sites (tertiary alicyclic amines) is 4. The van der Waals surface area contributed by atoms with Crippen molar-refractivity contribution in [3.8, 4) is 42.6 Å². The molecule has 134 heavy (non-hydrogen) atoms. The van der Waals surface area contributed by atoms with Gasteiger partial charge in [0.2, 0.25) is 47.3 Å². The van der Waals surface area contributed by atoms with Crippen molar-refractivity contribution in [1.82, 2.24) is 81.4 Å². The number of hydrogen-bond donors (Lipinski definition) is 8. The molecule has 8 aromatic heterocycles. The van der Waals surface area contributed by atoms with Crippen molar-refractivity contribution in [1.29, 1.82) is 0 Å². The van der Waals surface area contributed by atoms with Gasteiger partial charge in [-0.1, -0.05) is 159 Å². The van der Waals surface area contributed by atoms with Gasteiger partial charge in [-0.15, -0.1) is 34.0 Å². The summed E-state index contributed by atoms with van der Waals surface area (Å²) >= 11 is 4.74. The number of carbonyl (C=O) groups is 8. The van der Waals surface area contributed by atoms with Crippen LogP contribution < -0.4 is 21.3 Å². The van der Waals surface area contributed by atoms with Gasteiger partial charge >= 0.3 is 0 Å². The number of aryl methyl sites for hydroxylation is 6. The van der Waals surface area contributed by atoms with E-state index in [0.29, 0.717) is 77.5 Å². The van der Waals surface area contributed by atoms with Gasteiger partial charge in [0.15, 0.2) is 12.2 Å². The van der Waals surface area contributed by atoms with Gasteiger partial charge in [0, 0.05) is 107 Å². The van der Waals surface area contributed by atoms with Crippen molar-refractivity contribution in [2.45, 2.75) is 233 Å². The van der Waals surface area contributed by atoms with Crippen molar-refractivity contribution in [3.05, 3.63) is 236 Å². The summed E-state index contributed by atoms with van der Waals surface area (Å²) in [5.41, 5.74) is 17.9. The van der Waals surface area contributed by atoms with E-state index in [2.05, 4.69) is 61.8 Å². The molecule has 0 spiro atoms. The molecule has 708 valence electrons. The van der Waals surface area contributed by atoms with Gasteiger partial charge in [-0.2, -0.15) is 0 Å². The number of hydrogen-bond acceptors (Lipinski definition) is 28. The highest BCUT2D eigenvalue weighted by Gasteiger charge is 2.48. The monoisotopic (exact) mass is 1880 g/mol. The first-order valence-corrected chi connectivity index (χ1v) is 47.7. The first-order chi connectivity index (χ1) is 64.2. The van der Waals surface area contributed by atoms with Gasteiger partial charge in [0.25, 0.3) is 0 Å². The standard InChI is InChI=1S/2C25H30N4O4S.C24H28N4O5.C24H28N4O4S/c1-14(2)23(21-9-15(3)28-33-21)25(32)29-12-19(30)10-20(29)24(31)27-16(4)17-5-7-18(8-6-17)22-11-26-13-34-22;1-5-20(22-10-14(2)28-33-22)25(32)29-12-19(30)11-21(29)24(31)27-15(3)17-6-8-18(9-7-17)23-16(4)26-13-34-23;1-4-19(21-9-14(2)27-33-21)24(31)28-12-18(29)10-20(28)23(30)25-11-16-5-7-17(8-6-16)22-15(3)26-13-32-22;1-14(2)22(20-8-15(3)27-32-20)24(31)28-12-18(29)9-19(28)23(30)26-10-16-4-6-17(7-5-16)21-11-25-13-33-21/h5-9,11,13-14,16,19-20,23,30H,10,12H2,1-4H3,(H,27,31);6-10,13,15,19-21,30H,5,11-12H2,1-4H3,(H,27,31);5-9,13,18-20,29H,4,10-12H2,1-3H3,(H,25,30);4-8,11,13-14,18-19,22,29H,9-10,12H2,1-3H3,(H,26,30)/t16-,19+,20-,23+;15-,19+,20+,21-;18-,19-,20+;18-,19+,22-/m0011/s1. The van der Waals surface area contributed by atoms with E-state index >= 15 is 0 Å². The predicted octanol–water partition coefficient (Wildman–Crippen LogP) is 13.3. The molecule has 0 aliphatic carbocycles. The molecule has 4 fully saturated rings. The Balaban J connectivity index is 0.000000152. The van der Waals surface area contributed by atoms with Crippen molar-refractivity contribution >= 4 is 81.3 Å². The van der Waals surface area contributed by atoms with Crippen LogP contribution in [0.3, 0.4) is 0 Å². The molecule has 0 saturated carbocycles. The highest BCUT2D eigenvalue weighted by atomic mass is 32.1. The summed E-state index contributed by atoms with van der Waals surface area (Å²) in [5, 5.41) is 68.5. The second kappa shape index (κ2) is 45.0. The SMILES string of the molecule is CC[C@@H](C(=O)N1C[C@H](O)C[C@H]1C(=O)NCc1ccc(-c2ocnc2C)cc1)c1cc(C)no1.CC[C@@H](C(=O)N1C[C@H](O)C[C@H]1C(=O)N[C@@H](C)c1ccc(-c2scnc2C)cc1)c1cc(C)no1.Cc1cc([C@H](C(=O)N2C[C@H](O)C[C@H]2C(=O)NCc2ccc(-c3cncs3)cc2)C(C)C)on1.Cc1cc([C@H](C(=O)N2C[C@H](O)C[C@H]2C(=O)N[C@@H](C)c2ccc(-c3cncs3)cc2)C(C)C)on1. The fraction of sp³-hybridized carbons (Fsp3) is 0.429. The molecule has 0 unspecified atom stereocenters. The highest BCUT2D eigenvalue weighted by molar-refractivity contribution is 7.13. The molecule has 16 rings (SSSR count). The number of rotatable bonds is 28. The molecule has 36 heteroatoms. The number of carbonyl (C=O) groups excluding carboxylic acids is 8. The Labute approximate surface area is 788 Å². The van der Waals surface area contributed by atoms with Crippen LogP contribution in [0.4, 0.5) is 0 Å². The second-order valence-corrected chi connectivity index (χ2v) is 37.9. The molecule has 14 atom stereocenters. The van der Waals surface area contributed by atoms with Crippen LogP contribution in [0.15, 0.2) is 179 Å². The molecule has 8 N–H and O–H groups in total. The number of amides is 8. The molecule has 4 aliphatic rings. The van der Waals surface area contributed by atoms with Crippen molar-refractivity contribution < 1.29 is 81.3 Å². The predicted molar refractivity (Wildman–Crippen MR) is 502 cm³/mol. The number of thiazole rings is 3. The Morgan fingerprint density at radius 2 is 0.754 bits per heavy atom. The smallest absolute Gasteiger partial charge is 0.243 e. The first-order valence-electron chi connectivity index (χ1n) is 45.0. The van der Waals surface area contributed by atoms with Gasteiger partial charge in [0.05, 0.1) is 114 Å². The molecular formula is C98H116N16O17S3. The fourth-order valence-electron chi connectivity index (χ4n) is 17.3. The van der Waals surface area contributed by atoms with Crippen LogP contribution >= 0.6 is 34.0 Å². The quantitative estimate of drug-likeness (QED) is 0.0226. The largest absolute Gasteiger partial charge is 0.443 e. The summed E-state index contributed by atoms with van der Waals surface area (Å²) < 4.78 is 26.8. The maximum atomic E-state index is 13.5. The Kier molecular flexibility index (Phi) is 33.2. The Hall–Kier alpha value is -12.6. The number of aliphatic hydroxyl groups is 4. The molecule has 4 saturated heterocycles. The third kappa shape index (κ3) is 24.1. The van der Waals surface area contributed by atoms with E-state index in [1.54, 1.807) is 97.0 Å². The number of oxazole rings is 1. The minimum atomic E-state index is -0.752. The summed E-state index contributed by atoms with van der Waals surface area (Å²) in [6, 6.07) is 35.1. The maximum Gasteiger partial charge on any atom is 0.243 e. The third-order valence-corrected chi connectivity index (χ3v) is 27.1. The van der Waals surface area contributed by atoms with E-state index < -0.39 is 72.3 Å². The Morgan fingerprint density at radius 1 is 0.410 bits per heavy atom. The average Bonchev–Trinajstić information content (AvgIpc) is 1.65. The lowest BCUT2D eigenvalue weighted by molar-refractivity contribution is -0.141. The zero-order valence-corrected chi connectivity index (χ0v) is 79.9. The number of aromatic nitrogens is 8. The van der Waals surface area contributed by atoms with E-state index in [4.69, 9.17) is 22.5 Å². The van der Waals surface area contributed by atoms with Crippen molar-refractivity contribution in [2.24, 2.45) is 11.8 Å². The summed E-state index contributed by atoms with van der Waals surface area (Å²) in [6.07, 6.45) is 3.91. The third-order valence-electron chi connectivity index (χ3n) is 24.5. The number of benzene rings is 4. The van der Waals surface area contributed by atoms with E-state index in [1.165, 1.54) is 26.0 Å². The van der Waals surface area contributed by atoms with Gasteiger partial charge in [-0.3, -0.25) is 48.3 Å². The average molecular weight is 1890 g/mol.